The first-order chi connectivity index (χ1) is 11.1. The highest BCUT2D eigenvalue weighted by atomic mass is 16.4. The molecule has 2 aromatic heterocycles. The number of aromatic nitrogens is 3. The van der Waals surface area contributed by atoms with E-state index in [2.05, 4.69) is 20.5 Å². The van der Waals surface area contributed by atoms with Gasteiger partial charge in [-0.3, -0.25) is 14.9 Å². The maximum Gasteiger partial charge on any atom is 0.407 e. The number of anilines is 1. The third-order valence-electron chi connectivity index (χ3n) is 3.89. The number of rotatable bonds is 3. The second kappa shape index (κ2) is 6.47. The lowest BCUT2D eigenvalue weighted by atomic mass is 9.97. The molecule has 0 unspecified atom stereocenters. The number of amides is 2. The van der Waals surface area contributed by atoms with Crippen molar-refractivity contribution in [3.63, 3.8) is 0 Å². The Bertz CT molecular complexity index is 684. The predicted molar refractivity (Wildman–Crippen MR) is 82.8 cm³/mol. The van der Waals surface area contributed by atoms with E-state index in [0.29, 0.717) is 25.1 Å². The Balaban J connectivity index is 1.62. The molecular weight excluding hydrogens is 298 g/mol. The van der Waals surface area contributed by atoms with E-state index < -0.39 is 6.09 Å². The standard InChI is InChI=1S/C15H17N5O3/c21-14(10-2-1-5-20(9-10)15(22)23)19-12-3-4-13(16-8-12)11-6-17-18-7-11/h3-4,6-8,10H,1-2,5,9H2,(H,17,18)(H,19,21)(H,22,23)/t10-/m0/s1. The minimum Gasteiger partial charge on any atom is -0.465 e. The van der Waals surface area contributed by atoms with Crippen molar-refractivity contribution in [2.75, 3.05) is 18.4 Å². The maximum absolute atomic E-state index is 12.3. The number of carboxylic acid groups (broad SMARTS) is 1. The molecule has 8 nitrogen and oxygen atoms in total. The molecule has 1 atom stereocenters. The first-order valence-electron chi connectivity index (χ1n) is 7.37. The summed E-state index contributed by atoms with van der Waals surface area (Å²) in [4.78, 5) is 28.9. The summed E-state index contributed by atoms with van der Waals surface area (Å²) in [6, 6.07) is 3.57. The van der Waals surface area contributed by atoms with Gasteiger partial charge in [-0.05, 0) is 25.0 Å². The van der Waals surface area contributed by atoms with Crippen LogP contribution in [0.1, 0.15) is 12.8 Å². The van der Waals surface area contributed by atoms with Gasteiger partial charge in [0, 0.05) is 24.8 Å². The molecule has 0 saturated carbocycles. The summed E-state index contributed by atoms with van der Waals surface area (Å²) >= 11 is 0. The van der Waals surface area contributed by atoms with E-state index in [-0.39, 0.29) is 18.4 Å². The Kier molecular flexibility index (Phi) is 4.22. The number of nitrogens with one attached hydrogen (secondary N) is 2. The van der Waals surface area contributed by atoms with Crippen molar-refractivity contribution in [3.05, 3.63) is 30.7 Å². The Morgan fingerprint density at radius 1 is 1.35 bits per heavy atom. The molecule has 120 valence electrons. The van der Waals surface area contributed by atoms with Crippen molar-refractivity contribution in [3.8, 4) is 11.3 Å². The third-order valence-corrected chi connectivity index (χ3v) is 3.89. The molecule has 1 aliphatic heterocycles. The molecule has 0 radical (unpaired) electrons. The van der Waals surface area contributed by atoms with Gasteiger partial charge in [-0.1, -0.05) is 0 Å². The van der Waals surface area contributed by atoms with Crippen LogP contribution in [-0.4, -0.2) is 50.3 Å². The normalized spacial score (nSPS) is 17.7. The Morgan fingerprint density at radius 2 is 2.22 bits per heavy atom. The average molecular weight is 315 g/mol. The van der Waals surface area contributed by atoms with Crippen LogP contribution in [0.5, 0.6) is 0 Å². The number of aromatic amines is 1. The van der Waals surface area contributed by atoms with Crippen molar-refractivity contribution >= 4 is 17.7 Å². The van der Waals surface area contributed by atoms with E-state index in [1.165, 1.54) is 4.90 Å². The van der Waals surface area contributed by atoms with Gasteiger partial charge in [0.1, 0.15) is 0 Å². The lowest BCUT2D eigenvalue weighted by Crippen LogP contribution is -2.43. The van der Waals surface area contributed by atoms with Crippen LogP contribution in [0.3, 0.4) is 0 Å². The third kappa shape index (κ3) is 3.47. The van der Waals surface area contributed by atoms with Crippen molar-refractivity contribution in [1.29, 1.82) is 0 Å². The quantitative estimate of drug-likeness (QED) is 0.799. The van der Waals surface area contributed by atoms with E-state index in [1.807, 2.05) is 0 Å². The predicted octanol–water partition coefficient (Wildman–Crippen LogP) is 1.80. The molecule has 2 amide bonds. The summed E-state index contributed by atoms with van der Waals surface area (Å²) in [5.74, 6) is -0.498. The van der Waals surface area contributed by atoms with Crippen LogP contribution < -0.4 is 5.32 Å². The summed E-state index contributed by atoms with van der Waals surface area (Å²) in [5, 5.41) is 18.4. The monoisotopic (exact) mass is 315 g/mol. The Labute approximate surface area is 132 Å². The number of H-pyrrole nitrogens is 1. The minimum absolute atomic E-state index is 0.172. The van der Waals surface area contributed by atoms with Crippen molar-refractivity contribution in [2.24, 2.45) is 5.92 Å². The van der Waals surface area contributed by atoms with Gasteiger partial charge in [-0.2, -0.15) is 5.10 Å². The molecule has 3 N–H and O–H groups in total. The second-order valence-corrected chi connectivity index (χ2v) is 5.48. The number of piperidine rings is 1. The van der Waals surface area contributed by atoms with Gasteiger partial charge in [0.25, 0.3) is 0 Å². The lowest BCUT2D eigenvalue weighted by Gasteiger charge is -2.29. The fraction of sp³-hybridized carbons (Fsp3) is 0.333. The Morgan fingerprint density at radius 3 is 2.87 bits per heavy atom. The van der Waals surface area contributed by atoms with E-state index in [9.17, 15) is 9.59 Å². The van der Waals surface area contributed by atoms with Crippen LogP contribution in [-0.2, 0) is 4.79 Å². The van der Waals surface area contributed by atoms with E-state index in [0.717, 1.165) is 11.3 Å². The van der Waals surface area contributed by atoms with E-state index in [1.54, 1.807) is 30.7 Å². The van der Waals surface area contributed by atoms with Crippen LogP contribution in [0.15, 0.2) is 30.7 Å². The zero-order valence-corrected chi connectivity index (χ0v) is 12.4. The van der Waals surface area contributed by atoms with Gasteiger partial charge in [-0.15, -0.1) is 0 Å². The highest BCUT2D eigenvalue weighted by molar-refractivity contribution is 5.93. The first kappa shape index (κ1) is 15.0. The van der Waals surface area contributed by atoms with Crippen LogP contribution in [0.25, 0.3) is 11.3 Å². The zero-order chi connectivity index (χ0) is 16.2. The second-order valence-electron chi connectivity index (χ2n) is 5.48. The van der Waals surface area contributed by atoms with Gasteiger partial charge in [0.2, 0.25) is 5.91 Å². The molecule has 1 aliphatic rings. The van der Waals surface area contributed by atoms with Gasteiger partial charge in [0.15, 0.2) is 0 Å². The molecule has 0 aliphatic carbocycles. The zero-order valence-electron chi connectivity index (χ0n) is 12.4. The molecule has 1 saturated heterocycles. The SMILES string of the molecule is O=C(Nc1ccc(-c2cn[nH]c2)nc1)[C@H]1CCCN(C(=O)O)C1. The number of hydrogen-bond donors (Lipinski definition) is 3. The summed E-state index contributed by atoms with van der Waals surface area (Å²) in [5.41, 5.74) is 2.22. The number of hydrogen-bond acceptors (Lipinski definition) is 4. The van der Waals surface area contributed by atoms with Crippen molar-refractivity contribution < 1.29 is 14.7 Å². The summed E-state index contributed by atoms with van der Waals surface area (Å²) in [6.07, 6.45) is 5.40. The average Bonchev–Trinajstić information content (AvgIpc) is 3.10. The highest BCUT2D eigenvalue weighted by Crippen LogP contribution is 2.20. The Hall–Kier alpha value is -2.90. The van der Waals surface area contributed by atoms with Crippen LogP contribution in [0.2, 0.25) is 0 Å². The maximum atomic E-state index is 12.3. The molecule has 0 spiro atoms. The molecule has 2 aromatic rings. The lowest BCUT2D eigenvalue weighted by molar-refractivity contribution is -0.121. The van der Waals surface area contributed by atoms with Crippen LogP contribution in [0.4, 0.5) is 10.5 Å². The topological polar surface area (TPSA) is 111 Å². The van der Waals surface area contributed by atoms with Crippen LogP contribution in [0, 0.1) is 5.92 Å². The smallest absolute Gasteiger partial charge is 0.407 e. The number of carbonyl (C=O) groups is 2. The molecule has 23 heavy (non-hydrogen) atoms. The largest absolute Gasteiger partial charge is 0.465 e. The first-order valence-corrected chi connectivity index (χ1v) is 7.37. The fourth-order valence-electron chi connectivity index (χ4n) is 2.64. The van der Waals surface area contributed by atoms with Crippen LogP contribution >= 0.6 is 0 Å². The van der Waals surface area contributed by atoms with Crippen molar-refractivity contribution in [1.82, 2.24) is 20.1 Å². The molecular formula is C15H17N5O3. The summed E-state index contributed by atoms with van der Waals surface area (Å²) < 4.78 is 0. The van der Waals surface area contributed by atoms with E-state index in [4.69, 9.17) is 5.11 Å². The molecule has 3 heterocycles. The van der Waals surface area contributed by atoms with Crippen molar-refractivity contribution in [2.45, 2.75) is 12.8 Å². The molecule has 1 fully saturated rings. The van der Waals surface area contributed by atoms with Gasteiger partial charge in [-0.25, -0.2) is 4.79 Å². The summed E-state index contributed by atoms with van der Waals surface area (Å²) in [7, 11) is 0. The number of nitrogens with zero attached hydrogens (tertiary/aromatic N) is 3. The van der Waals surface area contributed by atoms with Gasteiger partial charge in [0.05, 0.1) is 29.7 Å². The number of pyridine rings is 1. The molecule has 3 rings (SSSR count). The molecule has 0 bridgehead atoms. The molecule has 8 heteroatoms. The summed E-state index contributed by atoms with van der Waals surface area (Å²) in [6.45, 7) is 0.724. The van der Waals surface area contributed by atoms with Gasteiger partial charge >= 0.3 is 6.09 Å². The highest BCUT2D eigenvalue weighted by Gasteiger charge is 2.28. The molecule has 0 aromatic carbocycles. The fourth-order valence-corrected chi connectivity index (χ4v) is 2.64. The number of likely N-dealkylation sites (tertiary alicyclic amines) is 1. The number of carbonyl (C=O) groups excluding carboxylic acids is 1. The minimum atomic E-state index is -0.978. The van der Waals surface area contributed by atoms with E-state index >= 15 is 0 Å². The van der Waals surface area contributed by atoms with Gasteiger partial charge < -0.3 is 15.3 Å².